The van der Waals surface area contributed by atoms with Crippen molar-refractivity contribution in [1.29, 1.82) is 0 Å². The Kier molecular flexibility index (Phi) is 5.48. The van der Waals surface area contributed by atoms with Gasteiger partial charge in [0.05, 0.1) is 11.3 Å². The minimum Gasteiger partial charge on any atom is -0.333 e. The zero-order valence-electron chi connectivity index (χ0n) is 14.5. The number of imidazole rings is 1. The summed E-state index contributed by atoms with van der Waals surface area (Å²) in [4.78, 5) is 16.2. The number of sulfonamides is 1. The number of aromatic nitrogens is 2. The molecule has 2 aromatic carbocycles. The van der Waals surface area contributed by atoms with Gasteiger partial charge in [-0.25, -0.2) is 26.9 Å². The van der Waals surface area contributed by atoms with E-state index in [2.05, 4.69) is 4.98 Å². The lowest BCUT2D eigenvalue weighted by Crippen LogP contribution is -2.31. The summed E-state index contributed by atoms with van der Waals surface area (Å²) in [5.74, 6) is -3.30. The Morgan fingerprint density at radius 3 is 2.36 bits per heavy atom. The van der Waals surface area contributed by atoms with Crippen LogP contribution in [0.5, 0.6) is 0 Å². The molecule has 3 aromatic rings. The summed E-state index contributed by atoms with van der Waals surface area (Å²) in [6, 6.07) is 9.42. The first-order valence-corrected chi connectivity index (χ1v) is 9.96. The number of halogens is 3. The summed E-state index contributed by atoms with van der Waals surface area (Å²) >= 11 is 5.75. The van der Waals surface area contributed by atoms with Crippen molar-refractivity contribution in [2.75, 3.05) is 0 Å². The highest BCUT2D eigenvalue weighted by atomic mass is 35.5. The molecule has 0 saturated heterocycles. The van der Waals surface area contributed by atoms with Crippen molar-refractivity contribution in [3.05, 3.63) is 76.6 Å². The summed E-state index contributed by atoms with van der Waals surface area (Å²) in [6.07, 6.45) is 1.19. The third kappa shape index (κ3) is 4.37. The Bertz CT molecular complexity index is 1130. The van der Waals surface area contributed by atoms with Crippen LogP contribution in [0.4, 0.5) is 8.78 Å². The van der Waals surface area contributed by atoms with E-state index in [1.807, 2.05) is 4.72 Å². The molecule has 1 aromatic heterocycles. The summed E-state index contributed by atoms with van der Waals surface area (Å²) in [6.45, 7) is 0. The van der Waals surface area contributed by atoms with Crippen molar-refractivity contribution in [2.45, 2.75) is 5.75 Å². The molecule has 1 N–H and O–H groups in total. The molecule has 146 valence electrons. The smallest absolute Gasteiger partial charge is 0.284 e. The van der Waals surface area contributed by atoms with E-state index in [4.69, 9.17) is 11.6 Å². The topological polar surface area (TPSA) is 81.1 Å². The Morgan fingerprint density at radius 1 is 1.14 bits per heavy atom. The second-order valence-electron chi connectivity index (χ2n) is 5.97. The number of aryl methyl sites for hydroxylation is 1. The molecule has 0 aliphatic rings. The van der Waals surface area contributed by atoms with Crippen molar-refractivity contribution >= 4 is 27.5 Å². The molecule has 0 fully saturated rings. The van der Waals surface area contributed by atoms with Crippen LogP contribution in [0.3, 0.4) is 0 Å². The molecule has 0 radical (unpaired) electrons. The number of carbonyl (C=O) groups is 1. The molecule has 0 atom stereocenters. The fraction of sp³-hybridized carbons (Fsp3) is 0.111. The Hall–Kier alpha value is -2.78. The Morgan fingerprint density at radius 2 is 1.75 bits per heavy atom. The predicted octanol–water partition coefficient (Wildman–Crippen LogP) is 3.28. The summed E-state index contributed by atoms with van der Waals surface area (Å²) in [5.41, 5.74) is -0.271. The van der Waals surface area contributed by atoms with Crippen LogP contribution in [-0.2, 0) is 22.8 Å². The molecule has 10 heteroatoms. The van der Waals surface area contributed by atoms with Crippen molar-refractivity contribution in [3.8, 4) is 11.4 Å². The highest BCUT2D eigenvalue weighted by Gasteiger charge is 2.22. The number of hydrogen-bond acceptors (Lipinski definition) is 4. The van der Waals surface area contributed by atoms with E-state index in [0.29, 0.717) is 10.6 Å². The number of amides is 1. The van der Waals surface area contributed by atoms with Gasteiger partial charge in [-0.3, -0.25) is 4.79 Å². The van der Waals surface area contributed by atoms with Gasteiger partial charge in [0.15, 0.2) is 0 Å². The van der Waals surface area contributed by atoms with Crippen LogP contribution in [-0.4, -0.2) is 23.9 Å². The number of nitrogens with zero attached hydrogens (tertiary/aromatic N) is 2. The van der Waals surface area contributed by atoms with Crippen LogP contribution >= 0.6 is 11.6 Å². The van der Waals surface area contributed by atoms with Crippen molar-refractivity contribution in [3.63, 3.8) is 0 Å². The first kappa shape index (κ1) is 20.0. The molecular formula is C18H14ClF2N3O3S. The fourth-order valence-electron chi connectivity index (χ4n) is 2.55. The fourth-order valence-corrected chi connectivity index (χ4v) is 3.77. The SMILES string of the molecule is Cn1cc(C(=O)NS(=O)(=O)Cc2ccc(Cl)cc2)nc1-c1c(F)cccc1F. The maximum Gasteiger partial charge on any atom is 0.284 e. The molecule has 0 aliphatic heterocycles. The van der Waals surface area contributed by atoms with E-state index in [1.54, 1.807) is 0 Å². The van der Waals surface area contributed by atoms with Crippen LogP contribution in [0.15, 0.2) is 48.7 Å². The largest absolute Gasteiger partial charge is 0.333 e. The number of nitrogens with one attached hydrogen (secondary N) is 1. The number of hydrogen-bond donors (Lipinski definition) is 1. The number of benzene rings is 2. The first-order chi connectivity index (χ1) is 13.2. The molecule has 1 amide bonds. The van der Waals surface area contributed by atoms with Crippen LogP contribution in [0.25, 0.3) is 11.4 Å². The van der Waals surface area contributed by atoms with Gasteiger partial charge < -0.3 is 4.57 Å². The highest BCUT2D eigenvalue weighted by Crippen LogP contribution is 2.25. The van der Waals surface area contributed by atoms with E-state index < -0.39 is 38.9 Å². The van der Waals surface area contributed by atoms with Crippen molar-refractivity contribution in [1.82, 2.24) is 14.3 Å². The minimum atomic E-state index is -4.02. The molecule has 6 nitrogen and oxygen atoms in total. The minimum absolute atomic E-state index is 0.143. The molecule has 0 bridgehead atoms. The third-order valence-electron chi connectivity index (χ3n) is 3.81. The quantitative estimate of drug-likeness (QED) is 0.680. The number of carbonyl (C=O) groups excluding carboxylic acids is 1. The summed E-state index contributed by atoms with van der Waals surface area (Å²) in [7, 11) is -2.58. The van der Waals surface area contributed by atoms with Gasteiger partial charge in [0, 0.05) is 18.3 Å². The zero-order valence-corrected chi connectivity index (χ0v) is 16.1. The zero-order chi connectivity index (χ0) is 20.5. The lowest BCUT2D eigenvalue weighted by molar-refractivity contribution is 0.0977. The van der Waals surface area contributed by atoms with Crippen LogP contribution in [0.2, 0.25) is 5.02 Å². The van der Waals surface area contributed by atoms with Crippen molar-refractivity contribution < 1.29 is 22.0 Å². The van der Waals surface area contributed by atoms with Gasteiger partial charge in [-0.15, -0.1) is 0 Å². The van der Waals surface area contributed by atoms with E-state index in [9.17, 15) is 22.0 Å². The summed E-state index contributed by atoms with van der Waals surface area (Å²) in [5, 5.41) is 0.451. The second-order valence-corrected chi connectivity index (χ2v) is 8.13. The summed E-state index contributed by atoms with van der Waals surface area (Å²) < 4.78 is 55.5. The van der Waals surface area contributed by atoms with Gasteiger partial charge in [-0.05, 0) is 29.8 Å². The average molecular weight is 426 g/mol. The molecule has 0 unspecified atom stereocenters. The highest BCUT2D eigenvalue weighted by molar-refractivity contribution is 7.89. The van der Waals surface area contributed by atoms with Gasteiger partial charge in [-0.1, -0.05) is 29.8 Å². The van der Waals surface area contributed by atoms with Gasteiger partial charge in [0.1, 0.15) is 23.2 Å². The number of rotatable bonds is 5. The monoisotopic (exact) mass is 425 g/mol. The standard InChI is InChI=1S/C18H14ClF2N3O3S/c1-24-9-15(22-17(24)16-13(20)3-2-4-14(16)21)18(25)23-28(26,27)10-11-5-7-12(19)8-6-11/h2-9H,10H2,1H3,(H,23,25). The lowest BCUT2D eigenvalue weighted by atomic mass is 10.2. The van der Waals surface area contributed by atoms with Gasteiger partial charge in [-0.2, -0.15) is 0 Å². The first-order valence-electron chi connectivity index (χ1n) is 7.93. The normalized spacial score (nSPS) is 11.4. The third-order valence-corrected chi connectivity index (χ3v) is 5.28. The predicted molar refractivity (Wildman–Crippen MR) is 100 cm³/mol. The molecule has 28 heavy (non-hydrogen) atoms. The lowest BCUT2D eigenvalue weighted by Gasteiger charge is -2.06. The second kappa shape index (κ2) is 7.69. The van der Waals surface area contributed by atoms with Crippen LogP contribution in [0.1, 0.15) is 16.1 Å². The average Bonchev–Trinajstić information content (AvgIpc) is 2.98. The van der Waals surface area contributed by atoms with Gasteiger partial charge >= 0.3 is 0 Å². The van der Waals surface area contributed by atoms with Gasteiger partial charge in [0.2, 0.25) is 10.0 Å². The maximum absolute atomic E-state index is 14.0. The van der Waals surface area contributed by atoms with Crippen LogP contribution < -0.4 is 4.72 Å². The molecule has 3 rings (SSSR count). The maximum atomic E-state index is 14.0. The Labute approximate surface area is 164 Å². The van der Waals surface area contributed by atoms with Crippen LogP contribution in [0, 0.1) is 11.6 Å². The van der Waals surface area contributed by atoms with Crippen molar-refractivity contribution in [2.24, 2.45) is 7.05 Å². The van der Waals surface area contributed by atoms with E-state index >= 15 is 0 Å². The van der Waals surface area contributed by atoms with Gasteiger partial charge in [0.25, 0.3) is 5.91 Å². The molecular weight excluding hydrogens is 412 g/mol. The molecule has 0 saturated carbocycles. The van der Waals surface area contributed by atoms with E-state index in [0.717, 1.165) is 12.1 Å². The van der Waals surface area contributed by atoms with E-state index in [-0.39, 0.29) is 11.5 Å². The van der Waals surface area contributed by atoms with E-state index in [1.165, 1.54) is 48.1 Å². The molecule has 0 spiro atoms. The Balaban J connectivity index is 1.82. The molecule has 1 heterocycles. The molecule has 0 aliphatic carbocycles.